The molecule has 0 aliphatic carbocycles. The van der Waals surface area contributed by atoms with E-state index in [0.717, 1.165) is 0 Å². The van der Waals surface area contributed by atoms with Gasteiger partial charge in [-0.3, -0.25) is 0 Å². The summed E-state index contributed by atoms with van der Waals surface area (Å²) in [6.07, 6.45) is 0. The fourth-order valence-electron chi connectivity index (χ4n) is 1.98. The second kappa shape index (κ2) is 11.3. The van der Waals surface area contributed by atoms with Crippen molar-refractivity contribution in [2.45, 2.75) is 16.8 Å². The van der Waals surface area contributed by atoms with Crippen molar-refractivity contribution in [3.05, 3.63) is 66.2 Å². The van der Waals surface area contributed by atoms with Crippen molar-refractivity contribution in [1.29, 1.82) is 0 Å². The monoisotopic (exact) mass is 679 g/mol. The van der Waals surface area contributed by atoms with E-state index in [4.69, 9.17) is 0 Å². The van der Waals surface area contributed by atoms with Crippen molar-refractivity contribution >= 4 is 60.5 Å². The number of aromatic nitrogens is 1. The Labute approximate surface area is 186 Å². The first-order chi connectivity index (χ1) is 10.7. The fraction of sp³-hybridized carbons (Fsp3) is 0.118. The molecule has 0 spiro atoms. The van der Waals surface area contributed by atoms with E-state index < -0.39 is 0 Å². The normalized spacial score (nSPS) is 9.57. The Morgan fingerprint density at radius 3 is 2.17 bits per heavy atom. The molecule has 0 bridgehead atoms. The Balaban J connectivity index is 0.000000849. The highest BCUT2D eigenvalue weighted by molar-refractivity contribution is 15.0. The minimum absolute atomic E-state index is 0. The molecular formula is C17H16I3NS2. The van der Waals surface area contributed by atoms with Crippen LogP contribution in [0, 0.1) is 6.92 Å². The van der Waals surface area contributed by atoms with Gasteiger partial charge in [0.1, 0.15) is 16.4 Å². The lowest BCUT2D eigenvalue weighted by atomic mass is 10.2. The molecule has 1 nitrogen and oxygen atoms in total. The molecule has 0 fully saturated rings. The van der Waals surface area contributed by atoms with Crippen molar-refractivity contribution in [3.8, 4) is 10.4 Å². The second-order valence-electron chi connectivity index (χ2n) is 4.72. The number of rotatable bonds is 3. The maximum atomic E-state index is 2.27. The maximum absolute atomic E-state index is 2.27. The molecule has 0 aliphatic rings. The first-order valence-electron chi connectivity index (χ1n) is 6.67. The SMILES string of the molecule is Cc1ccc(Sc2cc(-c3ccccc3)s[n+]2C)cc1.II.[I-]. The molecule has 2 aromatic carbocycles. The molecule has 1 aromatic heterocycles. The molecule has 0 saturated heterocycles. The topological polar surface area (TPSA) is 3.88 Å². The molecule has 3 aromatic rings. The predicted octanol–water partition coefficient (Wildman–Crippen LogP) is 3.47. The van der Waals surface area contributed by atoms with Crippen LogP contribution in [0.15, 0.2) is 70.6 Å². The third kappa shape index (κ3) is 6.44. The second-order valence-corrected chi connectivity index (χ2v) is 6.98. The van der Waals surface area contributed by atoms with Gasteiger partial charge in [0, 0.05) is 48.2 Å². The highest BCUT2D eigenvalue weighted by Crippen LogP contribution is 2.31. The van der Waals surface area contributed by atoms with Crippen molar-refractivity contribution < 1.29 is 27.9 Å². The van der Waals surface area contributed by atoms with E-state index >= 15 is 0 Å². The highest BCUT2D eigenvalue weighted by atomic mass is 128. The number of aryl methyl sites for hydroxylation is 2. The first-order valence-corrected chi connectivity index (χ1v) is 14.5. The van der Waals surface area contributed by atoms with Gasteiger partial charge >= 0.3 is 0 Å². The van der Waals surface area contributed by atoms with Crippen LogP contribution in [0.2, 0.25) is 0 Å². The Bertz CT molecular complexity index is 712. The molecule has 122 valence electrons. The number of halogens is 3. The van der Waals surface area contributed by atoms with Gasteiger partial charge in [-0.2, -0.15) is 0 Å². The standard InChI is InChI=1S/C17H16NS2.I2.HI/c1-13-8-10-15(11-9-13)19-17-12-16(20-18(17)2)14-6-4-3-5-7-14;1-2;/h3-12H,1-2H3;;1H/q+1;;/p-1. The van der Waals surface area contributed by atoms with E-state index in [0.29, 0.717) is 0 Å². The Morgan fingerprint density at radius 1 is 0.957 bits per heavy atom. The average Bonchev–Trinajstić information content (AvgIpc) is 2.93. The van der Waals surface area contributed by atoms with Crippen LogP contribution in [0.25, 0.3) is 10.4 Å². The van der Waals surface area contributed by atoms with Crippen molar-refractivity contribution in [2.75, 3.05) is 0 Å². The summed E-state index contributed by atoms with van der Waals surface area (Å²) in [5.41, 5.74) is 2.58. The molecule has 0 atom stereocenters. The molecule has 1 heterocycles. The largest absolute Gasteiger partial charge is 1.00 e. The zero-order chi connectivity index (χ0) is 15.9. The van der Waals surface area contributed by atoms with Crippen LogP contribution in [0.1, 0.15) is 5.56 Å². The van der Waals surface area contributed by atoms with E-state index in [-0.39, 0.29) is 24.0 Å². The molecule has 0 radical (unpaired) electrons. The summed E-state index contributed by atoms with van der Waals surface area (Å²) in [7, 11) is 2.12. The maximum Gasteiger partial charge on any atom is 0.259 e. The molecule has 0 amide bonds. The van der Waals surface area contributed by atoms with Gasteiger partial charge in [-0.15, -0.1) is 3.96 Å². The average molecular weight is 679 g/mol. The lowest BCUT2D eigenvalue weighted by Crippen LogP contribution is -3.00. The molecule has 0 unspecified atom stereocenters. The van der Waals surface area contributed by atoms with Gasteiger partial charge in [-0.05, 0) is 36.4 Å². The predicted molar refractivity (Wildman–Crippen MR) is 114 cm³/mol. The molecule has 23 heavy (non-hydrogen) atoms. The van der Waals surface area contributed by atoms with Crippen LogP contribution in [0.3, 0.4) is 0 Å². The molecule has 6 heteroatoms. The summed E-state index contributed by atoms with van der Waals surface area (Å²) in [5, 5.41) is 1.28. The van der Waals surface area contributed by atoms with E-state index in [9.17, 15) is 0 Å². The number of nitrogens with zero attached hydrogens (tertiary/aromatic N) is 1. The van der Waals surface area contributed by atoms with E-state index in [1.165, 1.54) is 25.9 Å². The van der Waals surface area contributed by atoms with Crippen LogP contribution in [-0.4, -0.2) is 0 Å². The Kier molecular flexibility index (Phi) is 10.6. The molecule has 3 rings (SSSR count). The molecular weight excluding hydrogens is 663 g/mol. The minimum atomic E-state index is 0. The summed E-state index contributed by atoms with van der Waals surface area (Å²) in [5.74, 6) is 0. The summed E-state index contributed by atoms with van der Waals surface area (Å²) >= 11 is 7.84. The summed E-state index contributed by atoms with van der Waals surface area (Å²) in [4.78, 5) is 2.59. The van der Waals surface area contributed by atoms with Crippen LogP contribution < -0.4 is 27.9 Å². The molecule has 0 saturated carbocycles. The Hall–Kier alpha value is 0.610. The van der Waals surface area contributed by atoms with Crippen LogP contribution in [0.4, 0.5) is 0 Å². The van der Waals surface area contributed by atoms with Gasteiger partial charge in [-0.1, -0.05) is 48.0 Å². The summed E-state index contributed by atoms with van der Waals surface area (Å²) in [6.45, 7) is 2.12. The minimum Gasteiger partial charge on any atom is -1.00 e. The van der Waals surface area contributed by atoms with Crippen LogP contribution >= 0.6 is 60.5 Å². The fourth-order valence-corrected chi connectivity index (χ4v) is 3.94. The summed E-state index contributed by atoms with van der Waals surface area (Å²) in [6, 6.07) is 21.5. The molecule has 0 N–H and O–H groups in total. The van der Waals surface area contributed by atoms with E-state index in [2.05, 4.69) is 116 Å². The van der Waals surface area contributed by atoms with E-state index in [1.54, 1.807) is 11.5 Å². The van der Waals surface area contributed by atoms with Crippen LogP contribution in [-0.2, 0) is 7.05 Å². The van der Waals surface area contributed by atoms with Gasteiger partial charge in [0.05, 0.1) is 0 Å². The van der Waals surface area contributed by atoms with Gasteiger partial charge in [-0.25, -0.2) is 0 Å². The number of benzene rings is 2. The Morgan fingerprint density at radius 2 is 1.57 bits per heavy atom. The molecule has 0 aliphatic heterocycles. The smallest absolute Gasteiger partial charge is 0.259 e. The van der Waals surface area contributed by atoms with Gasteiger partial charge < -0.3 is 24.0 Å². The van der Waals surface area contributed by atoms with E-state index in [1.807, 2.05) is 11.8 Å². The van der Waals surface area contributed by atoms with Gasteiger partial charge in [0.15, 0.2) is 7.05 Å². The zero-order valence-electron chi connectivity index (χ0n) is 12.7. The third-order valence-corrected chi connectivity index (χ3v) is 5.35. The van der Waals surface area contributed by atoms with Crippen molar-refractivity contribution in [3.63, 3.8) is 0 Å². The quantitative estimate of drug-likeness (QED) is 0.304. The van der Waals surface area contributed by atoms with Gasteiger partial charge in [0.25, 0.3) is 5.03 Å². The van der Waals surface area contributed by atoms with Gasteiger partial charge in [0.2, 0.25) is 0 Å². The summed E-state index contributed by atoms with van der Waals surface area (Å²) < 4.78 is 2.23. The lowest BCUT2D eigenvalue weighted by molar-refractivity contribution is -0.640. The highest BCUT2D eigenvalue weighted by Gasteiger charge is 2.16. The van der Waals surface area contributed by atoms with Crippen molar-refractivity contribution in [1.82, 2.24) is 0 Å². The third-order valence-electron chi connectivity index (χ3n) is 3.10. The van der Waals surface area contributed by atoms with Crippen molar-refractivity contribution in [2.24, 2.45) is 7.05 Å². The number of hydrogen-bond donors (Lipinski definition) is 0. The number of hydrogen-bond acceptors (Lipinski definition) is 2. The first kappa shape index (κ1) is 21.7. The van der Waals surface area contributed by atoms with Crippen LogP contribution in [0.5, 0.6) is 0 Å². The zero-order valence-corrected chi connectivity index (χ0v) is 20.8. The lowest BCUT2D eigenvalue weighted by Gasteiger charge is -1.96.